The van der Waals surface area contributed by atoms with E-state index in [1.54, 1.807) is 0 Å². The fraction of sp³-hybridized carbons (Fsp3) is 1.00. The minimum absolute atomic E-state index is 0.204. The predicted molar refractivity (Wildman–Crippen MR) is 75.5 cm³/mol. The minimum Gasteiger partial charge on any atom is -0.394 e. The topological polar surface area (TPSA) is 120 Å². The number of hydrogen-bond donors (Lipinski definition) is 4. The van der Waals surface area contributed by atoms with Gasteiger partial charge >= 0.3 is 0 Å². The second-order valence-electron chi connectivity index (χ2n) is 4.37. The van der Waals surface area contributed by atoms with Crippen LogP contribution in [-0.4, -0.2) is 87.3 Å². The van der Waals surface area contributed by atoms with Crippen LogP contribution in [0.5, 0.6) is 0 Å². The summed E-state index contributed by atoms with van der Waals surface area (Å²) in [4.78, 5) is 0. The van der Waals surface area contributed by atoms with Gasteiger partial charge in [0, 0.05) is 24.8 Å². The highest BCUT2D eigenvalue weighted by Crippen LogP contribution is 2.34. The lowest BCUT2D eigenvalue weighted by molar-refractivity contribution is -0.277. The van der Waals surface area contributed by atoms with E-state index < -0.39 is 45.5 Å². The molecule has 0 aromatic heterocycles. The number of alkyl halides is 2. The first-order valence-corrected chi connectivity index (χ1v) is 8.47. The highest BCUT2D eigenvalue weighted by molar-refractivity contribution is 7.36. The van der Waals surface area contributed by atoms with Crippen molar-refractivity contribution in [3.63, 3.8) is 0 Å². The molecule has 1 radical (unpaired) electrons. The number of rotatable bonds is 8. The summed E-state index contributed by atoms with van der Waals surface area (Å²) in [7, 11) is -2.41. The van der Waals surface area contributed by atoms with Crippen molar-refractivity contribution in [1.29, 1.82) is 0 Å². The standard InChI is InChI=1S/C10H19Cl2NO7P/c11-1-3-13(4-2-12)21(18)20-10-9(17)8(16)7(15)6(5-14)19-10/h6-10,14-17H,1-5H2/t6-,7-,8+,9-,10-/m1/s1. The normalized spacial score (nSPS) is 34.2. The summed E-state index contributed by atoms with van der Waals surface area (Å²) in [5, 5.41) is 38.0. The average Bonchev–Trinajstić information content (AvgIpc) is 2.47. The van der Waals surface area contributed by atoms with Crippen LogP contribution < -0.4 is 0 Å². The van der Waals surface area contributed by atoms with Gasteiger partial charge in [-0.1, -0.05) is 0 Å². The molecule has 125 valence electrons. The Bertz CT molecular complexity index is 333. The van der Waals surface area contributed by atoms with E-state index in [9.17, 15) is 19.9 Å². The Hall–Kier alpha value is 0.400. The van der Waals surface area contributed by atoms with E-state index in [2.05, 4.69) is 0 Å². The number of nitrogens with zero attached hydrogens (tertiary/aromatic N) is 1. The van der Waals surface area contributed by atoms with Gasteiger partial charge < -0.3 is 25.2 Å². The van der Waals surface area contributed by atoms with Crippen LogP contribution in [0.2, 0.25) is 0 Å². The van der Waals surface area contributed by atoms with Gasteiger partial charge in [-0.05, 0) is 0 Å². The van der Waals surface area contributed by atoms with Gasteiger partial charge in [-0.3, -0.25) is 4.52 Å². The van der Waals surface area contributed by atoms with Crippen molar-refractivity contribution in [2.24, 2.45) is 0 Å². The maximum Gasteiger partial charge on any atom is 0.300 e. The van der Waals surface area contributed by atoms with Gasteiger partial charge in [0.2, 0.25) is 0 Å². The number of ether oxygens (including phenoxy) is 1. The summed E-state index contributed by atoms with van der Waals surface area (Å²) in [5.41, 5.74) is 0. The molecule has 1 unspecified atom stereocenters. The van der Waals surface area contributed by atoms with Gasteiger partial charge in [-0.15, -0.1) is 23.2 Å². The summed E-state index contributed by atoms with van der Waals surface area (Å²) in [6.45, 7) is -0.0868. The second-order valence-corrected chi connectivity index (χ2v) is 6.38. The third kappa shape index (κ3) is 5.21. The molecule has 0 aromatic rings. The van der Waals surface area contributed by atoms with Gasteiger partial charge in [0.05, 0.1) is 6.61 Å². The first kappa shape index (κ1) is 19.4. The largest absolute Gasteiger partial charge is 0.394 e. The quantitative estimate of drug-likeness (QED) is 0.327. The van der Waals surface area contributed by atoms with Crippen molar-refractivity contribution in [2.45, 2.75) is 30.7 Å². The van der Waals surface area contributed by atoms with Crippen LogP contribution in [0.15, 0.2) is 0 Å². The SMILES string of the molecule is O=[P](O[C@H]1O[C@H](CO)[C@@H](O)[C@H](O)[C@H]1O)N(CCCl)CCCl. The van der Waals surface area contributed by atoms with Crippen molar-refractivity contribution in [3.05, 3.63) is 0 Å². The smallest absolute Gasteiger partial charge is 0.300 e. The van der Waals surface area contributed by atoms with Gasteiger partial charge in [0.1, 0.15) is 24.4 Å². The summed E-state index contributed by atoms with van der Waals surface area (Å²) >= 11 is 11.2. The number of aliphatic hydroxyl groups excluding tert-OH is 4. The van der Waals surface area contributed by atoms with E-state index in [0.29, 0.717) is 0 Å². The Morgan fingerprint density at radius 3 is 2.14 bits per heavy atom. The minimum atomic E-state index is -2.41. The summed E-state index contributed by atoms with van der Waals surface area (Å²) in [6.07, 6.45) is -7.25. The molecule has 0 aromatic carbocycles. The fourth-order valence-electron chi connectivity index (χ4n) is 1.78. The van der Waals surface area contributed by atoms with Crippen molar-refractivity contribution in [2.75, 3.05) is 31.5 Å². The molecule has 1 aliphatic rings. The zero-order chi connectivity index (χ0) is 16.0. The van der Waals surface area contributed by atoms with Crippen LogP contribution >= 0.6 is 31.4 Å². The molecule has 1 saturated heterocycles. The molecular weight excluding hydrogens is 348 g/mol. The Kier molecular flexibility index (Phi) is 8.82. The van der Waals surface area contributed by atoms with Crippen LogP contribution in [0.25, 0.3) is 0 Å². The van der Waals surface area contributed by atoms with Crippen molar-refractivity contribution < 1.29 is 34.3 Å². The Labute approximate surface area is 133 Å². The maximum atomic E-state index is 12.1. The van der Waals surface area contributed by atoms with Gasteiger partial charge in [-0.2, -0.15) is 0 Å². The summed E-state index contributed by atoms with van der Waals surface area (Å²) in [6, 6.07) is 0. The zero-order valence-corrected chi connectivity index (χ0v) is 13.5. The molecule has 0 saturated carbocycles. The monoisotopic (exact) mass is 366 g/mol. The van der Waals surface area contributed by atoms with Crippen LogP contribution in [0.3, 0.4) is 0 Å². The molecule has 6 atom stereocenters. The lowest BCUT2D eigenvalue weighted by Gasteiger charge is -2.39. The molecule has 0 amide bonds. The first-order chi connectivity index (χ1) is 9.96. The molecule has 0 bridgehead atoms. The van der Waals surface area contributed by atoms with E-state index in [-0.39, 0.29) is 24.8 Å². The molecule has 1 rings (SSSR count). The fourth-order valence-corrected chi connectivity index (χ4v) is 3.44. The molecule has 0 aliphatic carbocycles. The van der Waals surface area contributed by atoms with Crippen LogP contribution in [0.4, 0.5) is 0 Å². The van der Waals surface area contributed by atoms with Crippen LogP contribution in [-0.2, 0) is 13.8 Å². The summed E-state index contributed by atoms with van der Waals surface area (Å²) in [5.74, 6) is 0.409. The van der Waals surface area contributed by atoms with Crippen molar-refractivity contribution in [3.8, 4) is 0 Å². The lowest BCUT2D eigenvalue weighted by Crippen LogP contribution is -2.58. The van der Waals surface area contributed by atoms with E-state index >= 15 is 0 Å². The highest BCUT2D eigenvalue weighted by Gasteiger charge is 2.45. The molecule has 4 N–H and O–H groups in total. The average molecular weight is 367 g/mol. The zero-order valence-electron chi connectivity index (χ0n) is 11.1. The van der Waals surface area contributed by atoms with Crippen LogP contribution in [0, 0.1) is 0 Å². The van der Waals surface area contributed by atoms with Gasteiger partial charge in [-0.25, -0.2) is 9.24 Å². The third-order valence-electron chi connectivity index (χ3n) is 2.96. The number of halogens is 2. The molecule has 11 heteroatoms. The lowest BCUT2D eigenvalue weighted by atomic mass is 10.00. The number of hydrogen-bond acceptors (Lipinski definition) is 7. The van der Waals surface area contributed by atoms with Crippen molar-refractivity contribution in [1.82, 2.24) is 4.67 Å². The Morgan fingerprint density at radius 2 is 1.67 bits per heavy atom. The van der Waals surface area contributed by atoms with E-state index in [1.807, 2.05) is 0 Å². The van der Waals surface area contributed by atoms with Gasteiger partial charge in [0.25, 0.3) is 8.18 Å². The van der Waals surface area contributed by atoms with Crippen molar-refractivity contribution >= 4 is 31.4 Å². The highest BCUT2D eigenvalue weighted by atomic mass is 35.5. The molecular formula is C10H19Cl2NO7P. The molecule has 1 aliphatic heterocycles. The van der Waals surface area contributed by atoms with E-state index in [0.717, 1.165) is 0 Å². The number of aliphatic hydroxyl groups is 4. The first-order valence-electron chi connectivity index (χ1n) is 6.27. The molecule has 1 fully saturated rings. The molecule has 0 spiro atoms. The van der Waals surface area contributed by atoms with Gasteiger partial charge in [0.15, 0.2) is 6.29 Å². The third-order valence-corrected chi connectivity index (χ3v) is 4.55. The molecule has 8 nitrogen and oxygen atoms in total. The molecule has 1 heterocycles. The molecule has 21 heavy (non-hydrogen) atoms. The van der Waals surface area contributed by atoms with Crippen LogP contribution in [0.1, 0.15) is 0 Å². The Morgan fingerprint density at radius 1 is 1.10 bits per heavy atom. The predicted octanol–water partition coefficient (Wildman–Crippen LogP) is -0.760. The van der Waals surface area contributed by atoms with E-state index in [1.165, 1.54) is 4.67 Å². The second kappa shape index (κ2) is 9.52. The summed E-state index contributed by atoms with van der Waals surface area (Å²) < 4.78 is 23.6. The Balaban J connectivity index is 2.68. The van der Waals surface area contributed by atoms with E-state index in [4.69, 9.17) is 37.6 Å². The maximum absolute atomic E-state index is 12.1.